The van der Waals surface area contributed by atoms with Gasteiger partial charge in [0.1, 0.15) is 11.1 Å². The molecule has 0 bridgehead atoms. The van der Waals surface area contributed by atoms with Crippen molar-refractivity contribution in [2.75, 3.05) is 5.73 Å². The number of nitrogen functional groups attached to an aromatic ring is 1. The Kier molecular flexibility index (Phi) is 4.36. The SMILES string of the molecule is CCCCCn1c(Sc2ccc3occc3c2)nc2c(N)nccc21. The lowest BCUT2D eigenvalue weighted by molar-refractivity contribution is 0.579. The molecule has 3 aromatic heterocycles. The van der Waals surface area contributed by atoms with Crippen molar-refractivity contribution in [3.63, 3.8) is 0 Å². The van der Waals surface area contributed by atoms with E-state index in [0.29, 0.717) is 5.82 Å². The summed E-state index contributed by atoms with van der Waals surface area (Å²) in [5, 5.41) is 2.05. The lowest BCUT2D eigenvalue weighted by Crippen LogP contribution is -2.00. The zero-order valence-electron chi connectivity index (χ0n) is 14.1. The van der Waals surface area contributed by atoms with Gasteiger partial charge in [-0.2, -0.15) is 0 Å². The van der Waals surface area contributed by atoms with Crippen molar-refractivity contribution in [2.45, 2.75) is 42.8 Å². The second-order valence-electron chi connectivity index (χ2n) is 6.04. The molecule has 4 rings (SSSR count). The Balaban J connectivity index is 1.73. The van der Waals surface area contributed by atoms with E-state index in [1.807, 2.05) is 18.2 Å². The Morgan fingerprint density at radius 1 is 1.20 bits per heavy atom. The predicted octanol–water partition coefficient (Wildman–Crippen LogP) is 5.10. The number of nitrogens with zero attached hydrogens (tertiary/aromatic N) is 3. The van der Waals surface area contributed by atoms with Crippen LogP contribution < -0.4 is 5.73 Å². The monoisotopic (exact) mass is 352 g/mol. The van der Waals surface area contributed by atoms with Crippen LogP contribution in [0.1, 0.15) is 26.2 Å². The minimum atomic E-state index is 0.485. The molecule has 0 spiro atoms. The summed E-state index contributed by atoms with van der Waals surface area (Å²) >= 11 is 1.65. The highest BCUT2D eigenvalue weighted by Gasteiger charge is 2.14. The number of anilines is 1. The van der Waals surface area contributed by atoms with E-state index in [0.717, 1.165) is 45.0 Å². The fourth-order valence-corrected chi connectivity index (χ4v) is 3.95. The third-order valence-corrected chi connectivity index (χ3v) is 5.26. The molecule has 0 atom stereocenters. The third-order valence-electron chi connectivity index (χ3n) is 4.28. The van der Waals surface area contributed by atoms with Gasteiger partial charge in [0.25, 0.3) is 0 Å². The molecule has 2 N–H and O–H groups in total. The maximum absolute atomic E-state index is 6.04. The summed E-state index contributed by atoms with van der Waals surface area (Å²) in [6.45, 7) is 3.15. The number of unbranched alkanes of at least 4 members (excludes halogenated alkanes) is 2. The first kappa shape index (κ1) is 16.0. The molecule has 0 aliphatic carbocycles. The lowest BCUT2D eigenvalue weighted by Gasteiger charge is -2.08. The van der Waals surface area contributed by atoms with Gasteiger partial charge in [0.2, 0.25) is 0 Å². The quantitative estimate of drug-likeness (QED) is 0.489. The van der Waals surface area contributed by atoms with Gasteiger partial charge in [-0.05, 0) is 36.8 Å². The summed E-state index contributed by atoms with van der Waals surface area (Å²) < 4.78 is 7.68. The summed E-state index contributed by atoms with van der Waals surface area (Å²) in [6, 6.07) is 10.2. The van der Waals surface area contributed by atoms with E-state index in [4.69, 9.17) is 15.1 Å². The minimum Gasteiger partial charge on any atom is -0.464 e. The van der Waals surface area contributed by atoms with Gasteiger partial charge >= 0.3 is 0 Å². The van der Waals surface area contributed by atoms with E-state index >= 15 is 0 Å². The first-order valence-electron chi connectivity index (χ1n) is 8.52. The van der Waals surface area contributed by atoms with E-state index in [2.05, 4.69) is 28.6 Å². The highest BCUT2D eigenvalue weighted by molar-refractivity contribution is 7.99. The van der Waals surface area contributed by atoms with Crippen LogP contribution in [0.15, 0.2) is 57.3 Å². The zero-order chi connectivity index (χ0) is 17.2. The first-order chi connectivity index (χ1) is 12.3. The van der Waals surface area contributed by atoms with Gasteiger partial charge in [-0.15, -0.1) is 0 Å². The molecular formula is C19H20N4OS. The number of hydrogen-bond acceptors (Lipinski definition) is 5. The van der Waals surface area contributed by atoms with Crippen molar-refractivity contribution in [1.82, 2.24) is 14.5 Å². The normalized spacial score (nSPS) is 11.6. The van der Waals surface area contributed by atoms with Crippen LogP contribution in [-0.2, 0) is 6.54 Å². The number of fused-ring (bicyclic) bond motifs is 2. The second-order valence-corrected chi connectivity index (χ2v) is 7.08. The average molecular weight is 352 g/mol. The van der Waals surface area contributed by atoms with Gasteiger partial charge in [-0.3, -0.25) is 0 Å². The van der Waals surface area contributed by atoms with Gasteiger partial charge in [-0.25, -0.2) is 9.97 Å². The van der Waals surface area contributed by atoms with Crippen molar-refractivity contribution in [1.29, 1.82) is 0 Å². The zero-order valence-corrected chi connectivity index (χ0v) is 14.9. The van der Waals surface area contributed by atoms with Gasteiger partial charge in [-0.1, -0.05) is 31.5 Å². The molecular weight excluding hydrogens is 332 g/mol. The van der Waals surface area contributed by atoms with Gasteiger partial charge in [0, 0.05) is 23.0 Å². The molecule has 0 aliphatic rings. The maximum atomic E-state index is 6.04. The number of furan rings is 1. The summed E-state index contributed by atoms with van der Waals surface area (Å²) in [6.07, 6.45) is 6.98. The van der Waals surface area contributed by atoms with E-state index < -0.39 is 0 Å². The van der Waals surface area contributed by atoms with Crippen LogP contribution >= 0.6 is 11.8 Å². The molecule has 0 fully saturated rings. The predicted molar refractivity (Wildman–Crippen MR) is 102 cm³/mol. The molecule has 1 aromatic carbocycles. The van der Waals surface area contributed by atoms with Gasteiger partial charge < -0.3 is 14.7 Å². The second kappa shape index (κ2) is 6.80. The van der Waals surface area contributed by atoms with E-state index in [1.165, 1.54) is 12.8 Å². The topological polar surface area (TPSA) is 69.9 Å². The molecule has 0 unspecified atom stereocenters. The van der Waals surface area contributed by atoms with Crippen LogP contribution in [0.2, 0.25) is 0 Å². The van der Waals surface area contributed by atoms with E-state index in [-0.39, 0.29) is 0 Å². The number of benzene rings is 1. The highest BCUT2D eigenvalue weighted by atomic mass is 32.2. The van der Waals surface area contributed by atoms with Crippen molar-refractivity contribution in [2.24, 2.45) is 0 Å². The Hall–Kier alpha value is -2.47. The molecule has 6 heteroatoms. The Morgan fingerprint density at radius 3 is 3.00 bits per heavy atom. The summed E-state index contributed by atoms with van der Waals surface area (Å²) in [7, 11) is 0. The Morgan fingerprint density at radius 2 is 2.12 bits per heavy atom. The molecule has 5 nitrogen and oxygen atoms in total. The van der Waals surface area contributed by atoms with Crippen molar-refractivity contribution < 1.29 is 4.42 Å². The number of nitrogens with two attached hydrogens (primary N) is 1. The van der Waals surface area contributed by atoms with Gasteiger partial charge in [0.05, 0.1) is 11.8 Å². The summed E-state index contributed by atoms with van der Waals surface area (Å²) in [5.41, 5.74) is 8.77. The van der Waals surface area contributed by atoms with Crippen LogP contribution in [0.25, 0.3) is 22.0 Å². The Bertz CT molecular complexity index is 1020. The molecule has 0 aliphatic heterocycles. The number of imidazole rings is 1. The standard InChI is InChI=1S/C19H20N4OS/c1-2-3-4-10-23-15-7-9-21-18(20)17(15)22-19(23)25-14-5-6-16-13(12-14)8-11-24-16/h5-9,11-12H,2-4,10H2,1H3,(H2,20,21). The molecule has 0 radical (unpaired) electrons. The van der Waals surface area contributed by atoms with Crippen molar-refractivity contribution in [3.8, 4) is 0 Å². The van der Waals surface area contributed by atoms with Gasteiger partial charge in [0.15, 0.2) is 11.0 Å². The summed E-state index contributed by atoms with van der Waals surface area (Å²) in [4.78, 5) is 10.1. The molecule has 25 heavy (non-hydrogen) atoms. The first-order valence-corrected chi connectivity index (χ1v) is 9.33. The fraction of sp³-hybridized carbons (Fsp3) is 0.263. The van der Waals surface area contributed by atoms with Crippen LogP contribution in [-0.4, -0.2) is 14.5 Å². The van der Waals surface area contributed by atoms with Crippen molar-refractivity contribution in [3.05, 3.63) is 42.8 Å². The molecule has 3 heterocycles. The maximum Gasteiger partial charge on any atom is 0.174 e. The van der Waals surface area contributed by atoms with Crippen LogP contribution in [0.5, 0.6) is 0 Å². The largest absolute Gasteiger partial charge is 0.464 e. The van der Waals surface area contributed by atoms with E-state index in [1.54, 1.807) is 24.2 Å². The third kappa shape index (κ3) is 3.09. The van der Waals surface area contributed by atoms with Crippen LogP contribution in [0, 0.1) is 0 Å². The molecule has 0 amide bonds. The summed E-state index contributed by atoms with van der Waals surface area (Å²) in [5.74, 6) is 0.485. The van der Waals surface area contributed by atoms with E-state index in [9.17, 15) is 0 Å². The number of aromatic nitrogens is 3. The molecule has 128 valence electrons. The smallest absolute Gasteiger partial charge is 0.174 e. The molecule has 0 saturated heterocycles. The number of rotatable bonds is 6. The number of pyridine rings is 1. The minimum absolute atomic E-state index is 0.485. The average Bonchev–Trinajstić information content (AvgIpc) is 3.21. The van der Waals surface area contributed by atoms with Crippen molar-refractivity contribution >= 4 is 39.6 Å². The Labute approximate surface area is 150 Å². The van der Waals surface area contributed by atoms with Crippen LogP contribution in [0.3, 0.4) is 0 Å². The highest BCUT2D eigenvalue weighted by Crippen LogP contribution is 2.33. The number of hydrogen-bond donors (Lipinski definition) is 1. The molecule has 0 saturated carbocycles. The number of aryl methyl sites for hydroxylation is 1. The fourth-order valence-electron chi connectivity index (χ4n) is 2.98. The molecule has 4 aromatic rings. The van der Waals surface area contributed by atoms with Crippen LogP contribution in [0.4, 0.5) is 5.82 Å². The lowest BCUT2D eigenvalue weighted by atomic mass is 10.2.